The van der Waals surface area contributed by atoms with Crippen LogP contribution in [0.25, 0.3) is 0 Å². The topological polar surface area (TPSA) is 51.2 Å². The average molecular weight is 382 g/mol. The summed E-state index contributed by atoms with van der Waals surface area (Å²) in [6.45, 7) is -2.91. The van der Waals surface area contributed by atoms with Crippen LogP contribution in [-0.4, -0.2) is 17.5 Å². The Morgan fingerprint density at radius 3 is 2.54 bits per heavy atom. The number of hydrogen-bond acceptors (Lipinski definition) is 3. The molecule has 0 atom stereocenters. The van der Waals surface area contributed by atoms with Crippen molar-refractivity contribution < 1.29 is 18.3 Å². The minimum Gasteiger partial charge on any atom is -0.435 e. The van der Waals surface area contributed by atoms with Crippen molar-refractivity contribution in [1.29, 1.82) is 0 Å². The number of carbonyl (C=O) groups is 1. The Balaban J connectivity index is 1.70. The highest BCUT2D eigenvalue weighted by Gasteiger charge is 2.12. The molecule has 0 aliphatic rings. The van der Waals surface area contributed by atoms with Gasteiger partial charge in [-0.25, -0.2) is 0 Å². The third-order valence-corrected chi connectivity index (χ3v) is 4.16. The Morgan fingerprint density at radius 1 is 1.04 bits per heavy atom. The maximum absolute atomic E-state index is 12.7. The van der Waals surface area contributed by atoms with Crippen LogP contribution in [-0.2, 0) is 17.6 Å². The molecule has 0 unspecified atom stereocenters. The Hall–Kier alpha value is -3.28. The monoisotopic (exact) mass is 382 g/mol. The van der Waals surface area contributed by atoms with Crippen molar-refractivity contribution in [3.8, 4) is 5.75 Å². The second kappa shape index (κ2) is 9.60. The number of alkyl halides is 2. The van der Waals surface area contributed by atoms with Crippen molar-refractivity contribution in [2.24, 2.45) is 0 Å². The average Bonchev–Trinajstić information content (AvgIpc) is 2.70. The summed E-state index contributed by atoms with van der Waals surface area (Å²) in [5.74, 6) is -0.0516. The van der Waals surface area contributed by atoms with E-state index in [-0.39, 0.29) is 11.7 Å². The van der Waals surface area contributed by atoms with Crippen LogP contribution in [0.5, 0.6) is 5.75 Å². The molecule has 1 amide bonds. The van der Waals surface area contributed by atoms with E-state index in [1.807, 2.05) is 42.5 Å². The quantitative estimate of drug-likeness (QED) is 0.606. The number of aromatic nitrogens is 1. The predicted molar refractivity (Wildman–Crippen MR) is 104 cm³/mol. The van der Waals surface area contributed by atoms with Gasteiger partial charge in [-0.1, -0.05) is 36.4 Å². The van der Waals surface area contributed by atoms with Crippen molar-refractivity contribution in [2.75, 3.05) is 5.32 Å². The molecule has 144 valence electrons. The lowest BCUT2D eigenvalue weighted by Gasteiger charge is -2.13. The zero-order chi connectivity index (χ0) is 19.8. The number of hydrogen-bond donors (Lipinski definition) is 1. The van der Waals surface area contributed by atoms with Crippen molar-refractivity contribution in [3.05, 3.63) is 89.7 Å². The third kappa shape index (κ3) is 5.87. The number of rotatable bonds is 8. The van der Waals surface area contributed by atoms with Crippen molar-refractivity contribution in [1.82, 2.24) is 4.98 Å². The first-order valence-corrected chi connectivity index (χ1v) is 8.90. The Labute approximate surface area is 162 Å². The van der Waals surface area contributed by atoms with E-state index in [9.17, 15) is 13.6 Å². The van der Waals surface area contributed by atoms with E-state index in [2.05, 4.69) is 15.0 Å². The predicted octanol–water partition coefficient (Wildman–Crippen LogP) is 4.85. The van der Waals surface area contributed by atoms with E-state index in [1.165, 1.54) is 6.07 Å². The fourth-order valence-corrected chi connectivity index (χ4v) is 2.85. The maximum Gasteiger partial charge on any atom is 0.387 e. The minimum atomic E-state index is -2.91. The first-order valence-electron chi connectivity index (χ1n) is 8.90. The van der Waals surface area contributed by atoms with E-state index in [4.69, 9.17) is 0 Å². The SMILES string of the molecule is O=C(CCc1cccnc1)Nc1ccc(OC(F)F)c(Cc2ccccc2)c1. The van der Waals surface area contributed by atoms with Gasteiger partial charge in [0.1, 0.15) is 5.75 Å². The zero-order valence-electron chi connectivity index (χ0n) is 15.1. The van der Waals surface area contributed by atoms with Crippen molar-refractivity contribution in [2.45, 2.75) is 25.9 Å². The highest BCUT2D eigenvalue weighted by atomic mass is 19.3. The number of pyridine rings is 1. The number of benzene rings is 2. The molecule has 6 heteroatoms. The van der Waals surface area contributed by atoms with E-state index < -0.39 is 6.61 Å². The summed E-state index contributed by atoms with van der Waals surface area (Å²) in [5, 5.41) is 2.82. The fraction of sp³-hybridized carbons (Fsp3) is 0.182. The van der Waals surface area contributed by atoms with Gasteiger partial charge in [0.05, 0.1) is 0 Å². The molecule has 3 aromatic rings. The molecule has 1 aromatic heterocycles. The molecule has 3 rings (SSSR count). The molecular weight excluding hydrogens is 362 g/mol. The highest BCUT2D eigenvalue weighted by Crippen LogP contribution is 2.27. The summed E-state index contributed by atoms with van der Waals surface area (Å²) in [4.78, 5) is 16.3. The molecule has 0 radical (unpaired) electrons. The van der Waals surface area contributed by atoms with Gasteiger partial charge in [-0.05, 0) is 41.8 Å². The van der Waals surface area contributed by atoms with Crippen LogP contribution in [0.3, 0.4) is 0 Å². The Kier molecular flexibility index (Phi) is 6.68. The summed E-state index contributed by atoms with van der Waals surface area (Å²) in [6, 6.07) is 17.9. The molecule has 0 saturated heterocycles. The second-order valence-corrected chi connectivity index (χ2v) is 6.27. The number of nitrogens with one attached hydrogen (secondary N) is 1. The van der Waals surface area contributed by atoms with Crippen LogP contribution >= 0.6 is 0 Å². The van der Waals surface area contributed by atoms with Gasteiger partial charge < -0.3 is 10.1 Å². The highest BCUT2D eigenvalue weighted by molar-refractivity contribution is 5.91. The molecule has 1 heterocycles. The summed E-state index contributed by atoms with van der Waals surface area (Å²) in [6.07, 6.45) is 4.70. The minimum absolute atomic E-state index is 0.104. The van der Waals surface area contributed by atoms with Crippen LogP contribution in [0.15, 0.2) is 73.1 Å². The van der Waals surface area contributed by atoms with E-state index in [0.717, 1.165) is 11.1 Å². The Morgan fingerprint density at radius 2 is 1.82 bits per heavy atom. The molecule has 1 N–H and O–H groups in total. The number of aryl methyl sites for hydroxylation is 1. The number of anilines is 1. The largest absolute Gasteiger partial charge is 0.435 e. The second-order valence-electron chi connectivity index (χ2n) is 6.27. The normalized spacial score (nSPS) is 10.7. The molecule has 28 heavy (non-hydrogen) atoms. The standard InChI is InChI=1S/C22H20F2N2O2/c23-22(24)28-20-10-9-19(14-18(20)13-16-5-2-1-3-6-16)26-21(27)11-8-17-7-4-12-25-15-17/h1-7,9-10,12,14-15,22H,8,11,13H2,(H,26,27). The molecule has 0 spiro atoms. The van der Waals surface area contributed by atoms with Crippen molar-refractivity contribution in [3.63, 3.8) is 0 Å². The van der Waals surface area contributed by atoms with Gasteiger partial charge in [-0.15, -0.1) is 0 Å². The lowest BCUT2D eigenvalue weighted by molar-refractivity contribution is -0.116. The number of amides is 1. The maximum atomic E-state index is 12.7. The smallest absolute Gasteiger partial charge is 0.387 e. The number of ether oxygens (including phenoxy) is 1. The van der Waals surface area contributed by atoms with Crippen LogP contribution < -0.4 is 10.1 Å². The molecular formula is C22H20F2N2O2. The fourth-order valence-electron chi connectivity index (χ4n) is 2.85. The zero-order valence-corrected chi connectivity index (χ0v) is 15.1. The molecule has 4 nitrogen and oxygen atoms in total. The lowest BCUT2D eigenvalue weighted by atomic mass is 10.0. The lowest BCUT2D eigenvalue weighted by Crippen LogP contribution is -2.13. The molecule has 0 bridgehead atoms. The summed E-state index contributed by atoms with van der Waals surface area (Å²) < 4.78 is 30.1. The van der Waals surface area contributed by atoms with E-state index in [1.54, 1.807) is 24.5 Å². The van der Waals surface area contributed by atoms with E-state index in [0.29, 0.717) is 30.5 Å². The molecule has 0 aliphatic heterocycles. The summed E-state index contributed by atoms with van der Waals surface area (Å²) in [7, 11) is 0. The molecule has 2 aromatic carbocycles. The van der Waals surface area contributed by atoms with Gasteiger partial charge in [0.25, 0.3) is 0 Å². The van der Waals surface area contributed by atoms with Gasteiger partial charge in [0.2, 0.25) is 5.91 Å². The van der Waals surface area contributed by atoms with Crippen LogP contribution in [0.2, 0.25) is 0 Å². The first kappa shape index (κ1) is 19.5. The van der Waals surface area contributed by atoms with Crippen LogP contribution in [0.4, 0.5) is 14.5 Å². The van der Waals surface area contributed by atoms with Gasteiger partial charge in [-0.2, -0.15) is 8.78 Å². The van der Waals surface area contributed by atoms with E-state index >= 15 is 0 Å². The van der Waals surface area contributed by atoms with Gasteiger partial charge in [-0.3, -0.25) is 9.78 Å². The number of carbonyl (C=O) groups excluding carboxylic acids is 1. The number of halogens is 2. The third-order valence-electron chi connectivity index (χ3n) is 4.16. The molecule has 0 fully saturated rings. The summed E-state index contributed by atoms with van der Waals surface area (Å²) in [5.41, 5.74) is 3.06. The molecule has 0 aliphatic carbocycles. The summed E-state index contributed by atoms with van der Waals surface area (Å²) >= 11 is 0. The number of nitrogens with zero attached hydrogens (tertiary/aromatic N) is 1. The molecule has 0 saturated carbocycles. The van der Waals surface area contributed by atoms with Crippen LogP contribution in [0, 0.1) is 0 Å². The van der Waals surface area contributed by atoms with Crippen molar-refractivity contribution >= 4 is 11.6 Å². The first-order chi connectivity index (χ1) is 13.6. The van der Waals surface area contributed by atoms with Gasteiger partial charge in [0.15, 0.2) is 0 Å². The van der Waals surface area contributed by atoms with Crippen LogP contribution in [0.1, 0.15) is 23.1 Å². The Bertz CT molecular complexity index is 903. The van der Waals surface area contributed by atoms with Gasteiger partial charge >= 0.3 is 6.61 Å². The van der Waals surface area contributed by atoms with Gasteiger partial charge in [0, 0.05) is 36.5 Å².